The first-order chi connectivity index (χ1) is 7.68. The molecule has 0 saturated heterocycles. The van der Waals surface area contributed by atoms with Crippen LogP contribution < -0.4 is 5.32 Å². The van der Waals surface area contributed by atoms with E-state index in [1.54, 1.807) is 0 Å². The van der Waals surface area contributed by atoms with Gasteiger partial charge in [0.15, 0.2) is 0 Å². The molecule has 0 aromatic heterocycles. The van der Waals surface area contributed by atoms with Crippen molar-refractivity contribution in [2.45, 2.75) is 19.6 Å². The van der Waals surface area contributed by atoms with Gasteiger partial charge in [0, 0.05) is 23.1 Å². The van der Waals surface area contributed by atoms with Crippen molar-refractivity contribution in [3.63, 3.8) is 0 Å². The second-order valence-corrected chi connectivity index (χ2v) is 5.82. The zero-order valence-corrected chi connectivity index (χ0v) is 11.6. The van der Waals surface area contributed by atoms with Crippen LogP contribution in [0.5, 0.6) is 0 Å². The molecule has 90 valence electrons. The van der Waals surface area contributed by atoms with Crippen molar-refractivity contribution in [3.8, 4) is 0 Å². The van der Waals surface area contributed by atoms with E-state index in [1.165, 1.54) is 5.56 Å². The molecule has 0 aliphatic heterocycles. The molecule has 3 heteroatoms. The third-order valence-electron chi connectivity index (χ3n) is 2.16. The Hall–Kier alpha value is -0.180. The van der Waals surface area contributed by atoms with Crippen LogP contribution in [0, 0.1) is 5.92 Å². The molecule has 0 atom stereocenters. The number of rotatable bonds is 7. The minimum absolute atomic E-state index is 0.737. The molecule has 1 rings (SSSR count). The highest BCUT2D eigenvalue weighted by Crippen LogP contribution is 2.14. The molecule has 0 radical (unpaired) electrons. The molecule has 1 aromatic carbocycles. The Bertz CT molecular complexity index is 284. The lowest BCUT2D eigenvalue weighted by molar-refractivity contribution is 0.568. The molecule has 1 nitrogen and oxygen atoms in total. The van der Waals surface area contributed by atoms with E-state index in [-0.39, 0.29) is 0 Å². The van der Waals surface area contributed by atoms with E-state index in [0.717, 1.165) is 35.5 Å². The van der Waals surface area contributed by atoms with Gasteiger partial charge in [0.1, 0.15) is 0 Å². The molecular weight excluding hydrogens is 238 g/mol. The first-order valence-corrected chi connectivity index (χ1v) is 7.24. The predicted octanol–water partition coefficient (Wildman–Crippen LogP) is 3.82. The van der Waals surface area contributed by atoms with E-state index < -0.39 is 0 Å². The van der Waals surface area contributed by atoms with Gasteiger partial charge < -0.3 is 5.32 Å². The third-order valence-corrected chi connectivity index (χ3v) is 3.44. The molecule has 0 spiro atoms. The highest BCUT2D eigenvalue weighted by atomic mass is 35.5. The lowest BCUT2D eigenvalue weighted by Crippen LogP contribution is -2.22. The van der Waals surface area contributed by atoms with Crippen LogP contribution in [0.15, 0.2) is 24.3 Å². The molecule has 1 N–H and O–H groups in total. The maximum Gasteiger partial charge on any atom is 0.0406 e. The van der Waals surface area contributed by atoms with Crippen molar-refractivity contribution in [2.75, 3.05) is 18.8 Å². The van der Waals surface area contributed by atoms with Gasteiger partial charge in [-0.25, -0.2) is 0 Å². The van der Waals surface area contributed by atoms with Crippen LogP contribution >= 0.6 is 23.4 Å². The Kier molecular flexibility index (Phi) is 6.93. The van der Waals surface area contributed by atoms with Crippen molar-refractivity contribution in [1.82, 2.24) is 5.32 Å². The Labute approximate surface area is 108 Å². The average Bonchev–Trinajstić information content (AvgIpc) is 2.25. The zero-order chi connectivity index (χ0) is 11.8. The Morgan fingerprint density at radius 1 is 1.25 bits per heavy atom. The van der Waals surface area contributed by atoms with Crippen LogP contribution in [-0.2, 0) is 5.75 Å². The summed E-state index contributed by atoms with van der Waals surface area (Å²) in [6, 6.07) is 8.09. The maximum atomic E-state index is 5.83. The van der Waals surface area contributed by atoms with Crippen LogP contribution in [0.1, 0.15) is 19.4 Å². The molecule has 0 saturated carbocycles. The Morgan fingerprint density at radius 3 is 2.56 bits per heavy atom. The molecule has 0 heterocycles. The fraction of sp³-hybridized carbons (Fsp3) is 0.538. The van der Waals surface area contributed by atoms with Crippen molar-refractivity contribution in [3.05, 3.63) is 34.9 Å². The van der Waals surface area contributed by atoms with Crippen molar-refractivity contribution >= 4 is 23.4 Å². The summed E-state index contributed by atoms with van der Waals surface area (Å²) in [6.45, 7) is 6.67. The molecule has 1 aromatic rings. The first-order valence-electron chi connectivity index (χ1n) is 5.71. The average molecular weight is 258 g/mol. The largest absolute Gasteiger partial charge is 0.316 e. The van der Waals surface area contributed by atoms with Gasteiger partial charge in [-0.05, 0) is 30.2 Å². The van der Waals surface area contributed by atoms with E-state index in [2.05, 4.69) is 31.3 Å². The number of hydrogen-bond donors (Lipinski definition) is 1. The van der Waals surface area contributed by atoms with Gasteiger partial charge in [-0.15, -0.1) is 0 Å². The fourth-order valence-corrected chi connectivity index (χ4v) is 2.29. The lowest BCUT2D eigenvalue weighted by Gasteiger charge is -2.07. The summed E-state index contributed by atoms with van der Waals surface area (Å²) in [4.78, 5) is 0. The molecule has 0 bridgehead atoms. The van der Waals surface area contributed by atoms with Crippen LogP contribution in [0.25, 0.3) is 0 Å². The highest BCUT2D eigenvalue weighted by Gasteiger charge is 1.95. The zero-order valence-electron chi connectivity index (χ0n) is 10.0. The smallest absolute Gasteiger partial charge is 0.0406 e. The maximum absolute atomic E-state index is 5.83. The van der Waals surface area contributed by atoms with Crippen LogP contribution in [-0.4, -0.2) is 18.8 Å². The van der Waals surface area contributed by atoms with Gasteiger partial charge in [0.2, 0.25) is 0 Å². The van der Waals surface area contributed by atoms with Gasteiger partial charge in [-0.1, -0.05) is 37.6 Å². The minimum atomic E-state index is 0.737. The second-order valence-electron chi connectivity index (χ2n) is 4.28. The van der Waals surface area contributed by atoms with Crippen molar-refractivity contribution < 1.29 is 0 Å². The molecule has 0 amide bonds. The first kappa shape index (κ1) is 13.9. The highest BCUT2D eigenvalue weighted by molar-refractivity contribution is 7.98. The number of nitrogens with one attached hydrogen (secondary N) is 1. The summed E-state index contributed by atoms with van der Waals surface area (Å²) in [6.07, 6.45) is 0. The number of halogens is 1. The van der Waals surface area contributed by atoms with Crippen molar-refractivity contribution in [1.29, 1.82) is 0 Å². The molecular formula is C13H20ClNS. The molecule has 0 aliphatic carbocycles. The number of thioether (sulfide) groups is 1. The van der Waals surface area contributed by atoms with Gasteiger partial charge in [0.25, 0.3) is 0 Å². The topological polar surface area (TPSA) is 12.0 Å². The van der Waals surface area contributed by atoms with E-state index in [0.29, 0.717) is 0 Å². The van der Waals surface area contributed by atoms with Crippen LogP contribution in [0.2, 0.25) is 5.02 Å². The fourth-order valence-electron chi connectivity index (χ4n) is 1.31. The van der Waals surface area contributed by atoms with Crippen molar-refractivity contribution in [2.24, 2.45) is 5.92 Å². The summed E-state index contributed by atoms with van der Waals surface area (Å²) >= 11 is 7.79. The van der Waals surface area contributed by atoms with Crippen LogP contribution in [0.3, 0.4) is 0 Å². The van der Waals surface area contributed by atoms with Gasteiger partial charge >= 0.3 is 0 Å². The summed E-state index contributed by atoms with van der Waals surface area (Å²) in [7, 11) is 0. The normalized spacial score (nSPS) is 11.0. The van der Waals surface area contributed by atoms with Crippen LogP contribution in [0.4, 0.5) is 0 Å². The van der Waals surface area contributed by atoms with E-state index in [4.69, 9.17) is 11.6 Å². The lowest BCUT2D eigenvalue weighted by atomic mass is 10.2. The van der Waals surface area contributed by atoms with E-state index in [9.17, 15) is 0 Å². The second kappa shape index (κ2) is 7.99. The monoisotopic (exact) mass is 257 g/mol. The number of hydrogen-bond acceptors (Lipinski definition) is 2. The molecule has 16 heavy (non-hydrogen) atoms. The van der Waals surface area contributed by atoms with Gasteiger partial charge in [-0.3, -0.25) is 0 Å². The predicted molar refractivity (Wildman–Crippen MR) is 75.3 cm³/mol. The number of benzene rings is 1. The summed E-state index contributed by atoms with van der Waals surface area (Å²) in [5, 5.41) is 4.25. The molecule has 0 unspecified atom stereocenters. The minimum Gasteiger partial charge on any atom is -0.316 e. The Balaban J connectivity index is 2.05. The van der Waals surface area contributed by atoms with Gasteiger partial charge in [0.05, 0.1) is 0 Å². The Morgan fingerprint density at radius 2 is 1.94 bits per heavy atom. The van der Waals surface area contributed by atoms with E-state index >= 15 is 0 Å². The quantitative estimate of drug-likeness (QED) is 0.746. The summed E-state index contributed by atoms with van der Waals surface area (Å²) in [5.74, 6) is 2.97. The SMILES string of the molecule is CC(C)CNCCSCc1ccc(Cl)cc1. The third kappa shape index (κ3) is 6.41. The molecule has 0 fully saturated rings. The van der Waals surface area contributed by atoms with Gasteiger partial charge in [-0.2, -0.15) is 11.8 Å². The molecule has 0 aliphatic rings. The summed E-state index contributed by atoms with van der Waals surface area (Å²) < 4.78 is 0. The van der Waals surface area contributed by atoms with E-state index in [1.807, 2.05) is 23.9 Å². The summed E-state index contributed by atoms with van der Waals surface area (Å²) in [5.41, 5.74) is 1.35. The standard InChI is InChI=1S/C13H20ClNS/c1-11(2)9-15-7-8-16-10-12-3-5-13(14)6-4-12/h3-6,11,15H,7-10H2,1-2H3.